The van der Waals surface area contributed by atoms with E-state index in [9.17, 15) is 13.2 Å². The summed E-state index contributed by atoms with van der Waals surface area (Å²) in [4.78, 5) is 14.3. The number of aryl methyl sites for hydroxylation is 1. The lowest BCUT2D eigenvalue weighted by Crippen LogP contribution is -2.47. The maximum absolute atomic E-state index is 13.6. The number of fused-ring (bicyclic) bond motifs is 3. The van der Waals surface area contributed by atoms with Crippen LogP contribution in [-0.4, -0.2) is 52.1 Å². The minimum absolute atomic E-state index is 0.0854. The minimum Gasteiger partial charge on any atom is -0.462 e. The first-order valence-electron chi connectivity index (χ1n) is 9.93. The zero-order valence-electron chi connectivity index (χ0n) is 17.0. The molecule has 0 N–H and O–H groups in total. The summed E-state index contributed by atoms with van der Waals surface area (Å²) in [6.07, 6.45) is 0.787. The average Bonchev–Trinajstić information content (AvgIpc) is 3.02. The second kappa shape index (κ2) is 7.46. The van der Waals surface area contributed by atoms with Gasteiger partial charge in [-0.3, -0.25) is 4.31 Å². The SMILES string of the molecule is CCOC(=O)c1ccc(S(=O)(=O)N2c3ccc(C)cc3[C@H]3CN(C)CC[C@@H]32)cc1. The van der Waals surface area contributed by atoms with Gasteiger partial charge >= 0.3 is 5.97 Å². The largest absolute Gasteiger partial charge is 0.462 e. The van der Waals surface area contributed by atoms with E-state index in [4.69, 9.17) is 4.74 Å². The molecule has 2 aliphatic heterocycles. The van der Waals surface area contributed by atoms with E-state index < -0.39 is 16.0 Å². The first-order chi connectivity index (χ1) is 13.8. The summed E-state index contributed by atoms with van der Waals surface area (Å²) < 4.78 is 33.8. The highest BCUT2D eigenvalue weighted by Crippen LogP contribution is 2.47. The third kappa shape index (κ3) is 3.42. The Morgan fingerprint density at radius 1 is 1.17 bits per heavy atom. The van der Waals surface area contributed by atoms with Gasteiger partial charge in [0.25, 0.3) is 10.0 Å². The van der Waals surface area contributed by atoms with Gasteiger partial charge in [0.2, 0.25) is 0 Å². The second-order valence-electron chi connectivity index (χ2n) is 7.83. The third-order valence-corrected chi connectivity index (χ3v) is 7.68. The van der Waals surface area contributed by atoms with E-state index in [1.165, 1.54) is 24.3 Å². The lowest BCUT2D eigenvalue weighted by Gasteiger charge is -2.36. The number of nitrogens with zero attached hydrogens (tertiary/aromatic N) is 2. The summed E-state index contributed by atoms with van der Waals surface area (Å²) in [5.74, 6) is -0.286. The van der Waals surface area contributed by atoms with Crippen LogP contribution in [0.15, 0.2) is 47.4 Å². The zero-order valence-corrected chi connectivity index (χ0v) is 17.8. The van der Waals surface area contributed by atoms with Crippen LogP contribution in [-0.2, 0) is 14.8 Å². The molecule has 2 aliphatic rings. The maximum atomic E-state index is 13.6. The molecular weight excluding hydrogens is 388 g/mol. The average molecular weight is 415 g/mol. The van der Waals surface area contributed by atoms with Crippen molar-refractivity contribution in [2.75, 3.05) is 31.0 Å². The number of likely N-dealkylation sites (tertiary alicyclic amines) is 1. The summed E-state index contributed by atoms with van der Waals surface area (Å²) >= 11 is 0. The van der Waals surface area contributed by atoms with Gasteiger partial charge in [-0.25, -0.2) is 13.2 Å². The van der Waals surface area contributed by atoms with Crippen molar-refractivity contribution in [2.45, 2.75) is 37.1 Å². The Morgan fingerprint density at radius 3 is 2.59 bits per heavy atom. The quantitative estimate of drug-likeness (QED) is 0.719. The first kappa shape index (κ1) is 19.9. The highest BCUT2D eigenvalue weighted by molar-refractivity contribution is 7.92. The minimum atomic E-state index is -3.74. The molecule has 2 aromatic carbocycles. The molecule has 7 heteroatoms. The Morgan fingerprint density at radius 2 is 1.90 bits per heavy atom. The van der Waals surface area contributed by atoms with Gasteiger partial charge in [-0.1, -0.05) is 17.7 Å². The van der Waals surface area contributed by atoms with E-state index in [1.54, 1.807) is 11.2 Å². The maximum Gasteiger partial charge on any atom is 0.338 e. The third-order valence-electron chi connectivity index (χ3n) is 5.82. The van der Waals surface area contributed by atoms with Crippen molar-refractivity contribution in [3.63, 3.8) is 0 Å². The summed E-state index contributed by atoms with van der Waals surface area (Å²) in [5, 5.41) is 0. The van der Waals surface area contributed by atoms with Gasteiger partial charge in [-0.05, 0) is 69.8 Å². The van der Waals surface area contributed by atoms with Crippen LogP contribution in [0, 0.1) is 6.92 Å². The molecule has 0 radical (unpaired) electrons. The van der Waals surface area contributed by atoms with Crippen molar-refractivity contribution in [1.29, 1.82) is 0 Å². The highest BCUT2D eigenvalue weighted by Gasteiger charge is 2.46. The van der Waals surface area contributed by atoms with E-state index in [0.29, 0.717) is 5.56 Å². The second-order valence-corrected chi connectivity index (χ2v) is 9.65. The van der Waals surface area contributed by atoms with E-state index in [1.807, 2.05) is 19.1 Å². The molecular formula is C22H26N2O4S. The van der Waals surface area contributed by atoms with Gasteiger partial charge in [0.05, 0.1) is 28.8 Å². The molecule has 2 atom stereocenters. The van der Waals surface area contributed by atoms with Crippen molar-refractivity contribution in [3.8, 4) is 0 Å². The van der Waals surface area contributed by atoms with Gasteiger partial charge in [0, 0.05) is 12.5 Å². The number of piperidine rings is 1. The Kier molecular flexibility index (Phi) is 5.12. The predicted octanol–water partition coefficient (Wildman–Crippen LogP) is 3.17. The molecule has 154 valence electrons. The highest BCUT2D eigenvalue weighted by atomic mass is 32.2. The monoisotopic (exact) mass is 414 g/mol. The summed E-state index contributed by atoms with van der Waals surface area (Å²) in [5.41, 5.74) is 3.36. The van der Waals surface area contributed by atoms with Crippen molar-refractivity contribution >= 4 is 21.7 Å². The molecule has 1 fully saturated rings. The smallest absolute Gasteiger partial charge is 0.338 e. The molecule has 6 nitrogen and oxygen atoms in total. The number of sulfonamides is 1. The molecule has 0 spiro atoms. The fourth-order valence-electron chi connectivity index (χ4n) is 4.44. The molecule has 0 aromatic heterocycles. The van der Waals surface area contributed by atoms with Crippen molar-refractivity contribution in [2.24, 2.45) is 0 Å². The van der Waals surface area contributed by atoms with E-state index >= 15 is 0 Å². The van der Waals surface area contributed by atoms with Crippen LogP contribution in [0.5, 0.6) is 0 Å². The zero-order chi connectivity index (χ0) is 20.8. The molecule has 1 saturated heterocycles. The standard InChI is InChI=1S/C22H26N2O4S/c1-4-28-22(25)16-6-8-17(9-7-16)29(26,27)24-20-10-5-15(2)13-18(20)19-14-23(3)12-11-21(19)24/h5-10,13,19,21H,4,11-12,14H2,1-3H3/t19-,21+/m1/s1. The van der Waals surface area contributed by atoms with Crippen LogP contribution in [0.2, 0.25) is 0 Å². The molecule has 29 heavy (non-hydrogen) atoms. The molecule has 0 bridgehead atoms. The van der Waals surface area contributed by atoms with Gasteiger partial charge in [0.1, 0.15) is 0 Å². The van der Waals surface area contributed by atoms with Crippen LogP contribution >= 0.6 is 0 Å². The van der Waals surface area contributed by atoms with Gasteiger partial charge in [-0.15, -0.1) is 0 Å². The molecule has 0 unspecified atom stereocenters. The Bertz CT molecular complexity index is 1030. The fraction of sp³-hybridized carbons (Fsp3) is 0.409. The molecule has 0 amide bonds. The van der Waals surface area contributed by atoms with Gasteiger partial charge in [-0.2, -0.15) is 0 Å². The Balaban J connectivity index is 1.74. The van der Waals surface area contributed by atoms with Crippen LogP contribution < -0.4 is 4.31 Å². The normalized spacial score (nSPS) is 21.6. The van der Waals surface area contributed by atoms with Crippen LogP contribution in [0.4, 0.5) is 5.69 Å². The lowest BCUT2D eigenvalue weighted by molar-refractivity contribution is 0.0526. The van der Waals surface area contributed by atoms with E-state index in [2.05, 4.69) is 18.0 Å². The number of esters is 1. The molecule has 0 aliphatic carbocycles. The number of hydrogen-bond acceptors (Lipinski definition) is 5. The fourth-order valence-corrected chi connectivity index (χ4v) is 6.18. The van der Waals surface area contributed by atoms with Crippen LogP contribution in [0.3, 0.4) is 0 Å². The summed E-state index contributed by atoms with van der Waals surface area (Å²) in [7, 11) is -1.66. The topological polar surface area (TPSA) is 66.9 Å². The Hall–Kier alpha value is -2.38. The van der Waals surface area contributed by atoms with Gasteiger partial charge < -0.3 is 9.64 Å². The number of likely N-dealkylation sites (N-methyl/N-ethyl adjacent to an activating group) is 1. The number of anilines is 1. The van der Waals surface area contributed by atoms with Gasteiger partial charge in [0.15, 0.2) is 0 Å². The number of ether oxygens (including phenoxy) is 1. The number of carbonyl (C=O) groups excluding carboxylic acids is 1. The number of benzene rings is 2. The molecule has 4 rings (SSSR count). The van der Waals surface area contributed by atoms with Crippen LogP contribution in [0.1, 0.15) is 40.7 Å². The number of rotatable bonds is 4. The summed E-state index contributed by atoms with van der Waals surface area (Å²) in [6.45, 7) is 5.76. The predicted molar refractivity (Wildman–Crippen MR) is 112 cm³/mol. The van der Waals surface area contributed by atoms with Crippen LogP contribution in [0.25, 0.3) is 0 Å². The molecule has 0 saturated carbocycles. The van der Waals surface area contributed by atoms with Crippen molar-refractivity contribution in [1.82, 2.24) is 4.90 Å². The number of carbonyl (C=O) groups is 1. The Labute approximate surface area is 172 Å². The molecule has 2 aromatic rings. The lowest BCUT2D eigenvalue weighted by atomic mass is 9.89. The summed E-state index contributed by atoms with van der Waals surface area (Å²) in [6, 6.07) is 11.9. The number of hydrogen-bond donors (Lipinski definition) is 0. The van der Waals surface area contributed by atoms with E-state index in [0.717, 1.165) is 36.3 Å². The van der Waals surface area contributed by atoms with E-state index in [-0.39, 0.29) is 23.5 Å². The van der Waals surface area contributed by atoms with Crippen molar-refractivity contribution in [3.05, 3.63) is 59.2 Å². The first-order valence-corrected chi connectivity index (χ1v) is 11.4. The van der Waals surface area contributed by atoms with Crippen molar-refractivity contribution < 1.29 is 17.9 Å². The molecule has 2 heterocycles.